The van der Waals surface area contributed by atoms with Gasteiger partial charge in [0.05, 0.1) is 16.9 Å². The molecule has 3 heterocycles. The number of H-pyrrole nitrogens is 1. The van der Waals surface area contributed by atoms with E-state index in [2.05, 4.69) is 15.4 Å². The number of ether oxygens (including phenoxy) is 1. The van der Waals surface area contributed by atoms with Crippen LogP contribution in [0.1, 0.15) is 24.1 Å². The molecule has 0 saturated carbocycles. The van der Waals surface area contributed by atoms with E-state index in [4.69, 9.17) is 4.74 Å². The first-order chi connectivity index (χ1) is 12.2. The Morgan fingerprint density at radius 2 is 2.20 bits per heavy atom. The summed E-state index contributed by atoms with van der Waals surface area (Å²) in [4.78, 5) is 15.5. The third kappa shape index (κ3) is 3.23. The van der Waals surface area contributed by atoms with Crippen molar-refractivity contribution < 1.29 is 10.1 Å². The van der Waals surface area contributed by atoms with E-state index in [1.54, 1.807) is 4.68 Å². The normalized spacial score (nSPS) is 17.4. The molecule has 3 aromatic rings. The number of aryl methyl sites for hydroxylation is 1. The third-order valence-electron chi connectivity index (χ3n) is 4.77. The first kappa shape index (κ1) is 16.1. The molecule has 1 atom stereocenters. The molecule has 1 fully saturated rings. The van der Waals surface area contributed by atoms with E-state index in [1.807, 2.05) is 43.3 Å². The second kappa shape index (κ2) is 6.82. The zero-order valence-corrected chi connectivity index (χ0v) is 14.4. The monoisotopic (exact) mass is 339 g/mol. The van der Waals surface area contributed by atoms with Crippen LogP contribution in [0.4, 0.5) is 0 Å². The van der Waals surface area contributed by atoms with Crippen LogP contribution in [0.3, 0.4) is 0 Å². The molecule has 1 aliphatic heterocycles. The Hall–Kier alpha value is -2.44. The molecular formula is C19H23N4O2+. The van der Waals surface area contributed by atoms with Gasteiger partial charge in [0, 0.05) is 12.0 Å². The van der Waals surface area contributed by atoms with Crippen molar-refractivity contribution in [2.45, 2.75) is 32.4 Å². The van der Waals surface area contributed by atoms with Crippen LogP contribution in [0.5, 0.6) is 0 Å². The van der Waals surface area contributed by atoms with Crippen LogP contribution in [0, 0.1) is 6.92 Å². The molecule has 4 rings (SSSR count). The standard InChI is InChI=1S/C19H22N4O2/c1-13-17-10-14(11-20-12-16-8-5-9-25-16)19(24)21-18(17)23(22-13)15-6-3-2-4-7-15/h2-4,6-7,10,16,20H,5,8-9,11-12H2,1H3,(H,21,24)/p+1/t16-/m0/s1. The number of nitrogens with two attached hydrogens (primary N) is 1. The molecule has 1 aliphatic rings. The summed E-state index contributed by atoms with van der Waals surface area (Å²) in [6.45, 7) is 4.39. The Bertz CT molecular complexity index is 924. The molecular weight excluding hydrogens is 316 g/mol. The van der Waals surface area contributed by atoms with Crippen molar-refractivity contribution >= 4 is 11.0 Å². The Kier molecular flexibility index (Phi) is 4.38. The number of benzene rings is 1. The van der Waals surface area contributed by atoms with Gasteiger partial charge in [-0.1, -0.05) is 18.2 Å². The zero-order chi connectivity index (χ0) is 17.2. The average molecular weight is 339 g/mol. The second-order valence-electron chi connectivity index (χ2n) is 6.58. The summed E-state index contributed by atoms with van der Waals surface area (Å²) in [6.07, 6.45) is 2.59. The van der Waals surface area contributed by atoms with Gasteiger partial charge in [-0.05, 0) is 38.0 Å². The lowest BCUT2D eigenvalue weighted by molar-refractivity contribution is -0.676. The van der Waals surface area contributed by atoms with Crippen molar-refractivity contribution in [1.29, 1.82) is 0 Å². The fourth-order valence-corrected chi connectivity index (χ4v) is 3.42. The number of hydrogen-bond acceptors (Lipinski definition) is 3. The van der Waals surface area contributed by atoms with E-state index >= 15 is 0 Å². The van der Waals surface area contributed by atoms with Gasteiger partial charge in [-0.25, -0.2) is 4.68 Å². The topological polar surface area (TPSA) is 76.5 Å². The summed E-state index contributed by atoms with van der Waals surface area (Å²) in [7, 11) is 0. The van der Waals surface area contributed by atoms with E-state index in [1.165, 1.54) is 0 Å². The SMILES string of the molecule is Cc1nn(-c2ccccc2)c2[nH]c(=O)c(C[NH2+]C[C@@H]3CCCO3)cc12. The number of nitrogens with one attached hydrogen (secondary N) is 1. The predicted molar refractivity (Wildman–Crippen MR) is 95.9 cm³/mol. The van der Waals surface area contributed by atoms with Crippen LogP contribution < -0.4 is 10.9 Å². The third-order valence-corrected chi connectivity index (χ3v) is 4.77. The van der Waals surface area contributed by atoms with Crippen molar-refractivity contribution in [1.82, 2.24) is 14.8 Å². The van der Waals surface area contributed by atoms with Gasteiger partial charge in [-0.15, -0.1) is 0 Å². The van der Waals surface area contributed by atoms with E-state index in [0.29, 0.717) is 12.6 Å². The molecule has 3 N–H and O–H groups in total. The first-order valence-corrected chi connectivity index (χ1v) is 8.82. The maximum Gasteiger partial charge on any atom is 0.258 e. The minimum Gasteiger partial charge on any atom is -0.372 e. The fraction of sp³-hybridized carbons (Fsp3) is 0.368. The molecule has 0 radical (unpaired) electrons. The molecule has 130 valence electrons. The minimum atomic E-state index is -0.0480. The number of aromatic amines is 1. The molecule has 1 saturated heterocycles. The second-order valence-corrected chi connectivity index (χ2v) is 6.58. The summed E-state index contributed by atoms with van der Waals surface area (Å²) in [5.74, 6) is 0. The summed E-state index contributed by atoms with van der Waals surface area (Å²) in [5.41, 5.74) is 3.33. The molecule has 2 aromatic heterocycles. The van der Waals surface area contributed by atoms with Crippen LogP contribution in [-0.2, 0) is 11.3 Å². The lowest BCUT2D eigenvalue weighted by Crippen LogP contribution is -2.85. The highest BCUT2D eigenvalue weighted by Crippen LogP contribution is 2.19. The molecule has 6 heteroatoms. The van der Waals surface area contributed by atoms with Crippen molar-refractivity contribution in [3.05, 3.63) is 58.0 Å². The Morgan fingerprint density at radius 1 is 1.36 bits per heavy atom. The lowest BCUT2D eigenvalue weighted by atomic mass is 10.2. The number of rotatable bonds is 5. The molecule has 6 nitrogen and oxygen atoms in total. The van der Waals surface area contributed by atoms with Crippen LogP contribution in [0.25, 0.3) is 16.7 Å². The number of hydrogen-bond donors (Lipinski definition) is 2. The highest BCUT2D eigenvalue weighted by molar-refractivity contribution is 5.80. The first-order valence-electron chi connectivity index (χ1n) is 8.82. The van der Waals surface area contributed by atoms with Gasteiger partial charge in [-0.3, -0.25) is 4.79 Å². The van der Waals surface area contributed by atoms with E-state index in [-0.39, 0.29) is 5.56 Å². The summed E-state index contributed by atoms with van der Waals surface area (Å²) in [5, 5.41) is 7.75. The highest BCUT2D eigenvalue weighted by atomic mass is 16.5. The van der Waals surface area contributed by atoms with Gasteiger partial charge in [0.15, 0.2) is 0 Å². The van der Waals surface area contributed by atoms with E-state index in [9.17, 15) is 4.79 Å². The lowest BCUT2D eigenvalue weighted by Gasteiger charge is -2.08. The van der Waals surface area contributed by atoms with E-state index in [0.717, 1.165) is 54.0 Å². The molecule has 25 heavy (non-hydrogen) atoms. The van der Waals surface area contributed by atoms with Gasteiger partial charge in [0.25, 0.3) is 5.56 Å². The van der Waals surface area contributed by atoms with Crippen LogP contribution in [0.15, 0.2) is 41.2 Å². The predicted octanol–water partition coefficient (Wildman–Crippen LogP) is 1.26. The fourth-order valence-electron chi connectivity index (χ4n) is 3.42. The van der Waals surface area contributed by atoms with Gasteiger partial charge >= 0.3 is 0 Å². The van der Waals surface area contributed by atoms with Gasteiger partial charge in [0.2, 0.25) is 0 Å². The van der Waals surface area contributed by atoms with Crippen LogP contribution in [-0.4, -0.2) is 34.0 Å². The molecule has 0 spiro atoms. The van der Waals surface area contributed by atoms with Crippen molar-refractivity contribution in [3.8, 4) is 5.69 Å². The van der Waals surface area contributed by atoms with Gasteiger partial charge in [0.1, 0.15) is 24.8 Å². The van der Waals surface area contributed by atoms with Crippen molar-refractivity contribution in [2.24, 2.45) is 0 Å². The summed E-state index contributed by atoms with van der Waals surface area (Å²) in [6, 6.07) is 11.8. The molecule has 0 amide bonds. The number of aromatic nitrogens is 3. The minimum absolute atomic E-state index is 0.0480. The quantitative estimate of drug-likeness (QED) is 0.735. The molecule has 0 aliphatic carbocycles. The largest absolute Gasteiger partial charge is 0.372 e. The van der Waals surface area contributed by atoms with E-state index < -0.39 is 0 Å². The van der Waals surface area contributed by atoms with Crippen molar-refractivity contribution in [3.63, 3.8) is 0 Å². The average Bonchev–Trinajstić information content (AvgIpc) is 3.25. The highest BCUT2D eigenvalue weighted by Gasteiger charge is 2.18. The Labute approximate surface area is 145 Å². The zero-order valence-electron chi connectivity index (χ0n) is 14.4. The van der Waals surface area contributed by atoms with Crippen LogP contribution >= 0.6 is 0 Å². The molecule has 0 bridgehead atoms. The molecule has 0 unspecified atom stereocenters. The number of pyridine rings is 1. The number of fused-ring (bicyclic) bond motifs is 1. The maximum atomic E-state index is 12.5. The summed E-state index contributed by atoms with van der Waals surface area (Å²) < 4.78 is 7.43. The Morgan fingerprint density at radius 3 is 2.96 bits per heavy atom. The van der Waals surface area contributed by atoms with Gasteiger partial charge < -0.3 is 15.0 Å². The summed E-state index contributed by atoms with van der Waals surface area (Å²) >= 11 is 0. The number of quaternary nitrogens is 1. The van der Waals surface area contributed by atoms with Crippen LogP contribution in [0.2, 0.25) is 0 Å². The van der Waals surface area contributed by atoms with Gasteiger partial charge in [-0.2, -0.15) is 5.10 Å². The number of para-hydroxylation sites is 1. The Balaban J connectivity index is 1.61. The maximum absolute atomic E-state index is 12.5. The van der Waals surface area contributed by atoms with Crippen molar-refractivity contribution in [2.75, 3.05) is 13.2 Å². The number of nitrogens with zero attached hydrogens (tertiary/aromatic N) is 2. The smallest absolute Gasteiger partial charge is 0.258 e. The molecule has 1 aromatic carbocycles.